The van der Waals surface area contributed by atoms with Crippen LogP contribution in [0.5, 0.6) is 0 Å². The summed E-state index contributed by atoms with van der Waals surface area (Å²) in [7, 11) is 0. The van der Waals surface area contributed by atoms with Crippen molar-refractivity contribution in [2.24, 2.45) is 0 Å². The van der Waals surface area contributed by atoms with E-state index in [1.165, 1.54) is 6.92 Å². The van der Waals surface area contributed by atoms with Crippen LogP contribution in [0, 0.1) is 0 Å². The first-order chi connectivity index (χ1) is 57.7. The second-order valence-corrected chi connectivity index (χ2v) is 31.0. The number of carbonyl (C=O) groups excluding carboxylic acids is 4. The number of nitrogens with one attached hydrogen (secondary N) is 4. The molecule has 10 aliphatic rings. The van der Waals surface area contributed by atoms with E-state index in [4.69, 9.17) is 90.0 Å². The molecule has 10 aliphatic heterocycles. The van der Waals surface area contributed by atoms with E-state index in [1.807, 2.05) is 0 Å². The summed E-state index contributed by atoms with van der Waals surface area (Å²) in [6.45, 7) is -4.83. The molecule has 122 heavy (non-hydrogen) atoms. The van der Waals surface area contributed by atoms with Gasteiger partial charge in [-0.15, -0.1) is 0 Å². The Hall–Kier alpha value is -3.96. The smallest absolute Gasteiger partial charge is 0.217 e. The molecule has 1 unspecified atom stereocenters. The summed E-state index contributed by atoms with van der Waals surface area (Å²) in [6, 6.07) is -7.69. The summed E-state index contributed by atoms with van der Waals surface area (Å²) in [5.41, 5.74) is 0. The monoisotopic (exact) mass is 1790 g/mol. The molecule has 10 saturated heterocycles. The molecule has 10 fully saturated rings. The van der Waals surface area contributed by atoms with Crippen LogP contribution in [-0.4, -0.2) is 528 Å². The molecular formula is C68H114N4O50. The third-order valence-corrected chi connectivity index (χ3v) is 22.4. The first kappa shape index (κ1) is 100. The third kappa shape index (κ3) is 22.0. The zero-order chi connectivity index (χ0) is 89.8. The van der Waals surface area contributed by atoms with E-state index in [2.05, 4.69) is 21.3 Å². The van der Waals surface area contributed by atoms with E-state index in [1.54, 1.807) is 0 Å². The van der Waals surface area contributed by atoms with E-state index in [9.17, 15) is 157 Å². The number of hydrogen-bond acceptors (Lipinski definition) is 50. The molecule has 0 radical (unpaired) electrons. The average Bonchev–Trinajstić information content (AvgIpc) is 0.775. The fourth-order valence-corrected chi connectivity index (χ4v) is 15.8. The Kier molecular flexibility index (Phi) is 35.8. The summed E-state index contributed by atoms with van der Waals surface area (Å²) in [5, 5.41) is 310. The zero-order valence-electron chi connectivity index (χ0n) is 65.7. The molecule has 4 amide bonds. The number of ether oxygens (including phenoxy) is 19. The summed E-state index contributed by atoms with van der Waals surface area (Å²) < 4.78 is 113. The molecule has 0 aromatic rings. The maximum absolute atomic E-state index is 13.3. The van der Waals surface area contributed by atoms with Gasteiger partial charge in [-0.05, 0) is 6.92 Å². The normalized spacial score (nSPS) is 49.7. The van der Waals surface area contributed by atoms with Gasteiger partial charge in [0.25, 0.3) is 0 Å². The van der Waals surface area contributed by atoms with Crippen molar-refractivity contribution < 1.29 is 247 Å². The highest BCUT2D eigenvalue weighted by atomic mass is 16.8. The van der Waals surface area contributed by atoms with Crippen molar-refractivity contribution in [1.29, 1.82) is 0 Å². The molecule has 31 N–H and O–H groups in total. The molecule has 0 aliphatic carbocycles. The number of aliphatic hydroxyl groups excluding tert-OH is 27. The molecule has 0 saturated carbocycles. The highest BCUT2D eigenvalue weighted by Crippen LogP contribution is 2.41. The van der Waals surface area contributed by atoms with Crippen molar-refractivity contribution in [2.75, 3.05) is 59.5 Å². The van der Waals surface area contributed by atoms with E-state index in [0.29, 0.717) is 0 Å². The minimum Gasteiger partial charge on any atom is -0.394 e. The predicted octanol–water partition coefficient (Wildman–Crippen LogP) is -21.2. The van der Waals surface area contributed by atoms with Gasteiger partial charge in [-0.3, -0.25) is 19.2 Å². The standard InChI is InChI=1S/C68H114N4O50/c1-15-33(84)43(94)48(99)63(106-15)104-14-28-55(39(90)29(59(103)107-28)69-16(2)80)116-60-30(70-17(3)81)40(91)54(26(12-79)112-60)119-66-51(102)56(120-68-58(47(98)37(88)23(9-76)111-68)122-62-32(72-19(5)83)42(93)53(25(11-78)114-62)118-65-50(101)45(96)35(86)21(7-74)109-65)38(89)27(115-66)13-105-67-57(46(97)36(87)22(8-75)110-67)121-61-31(71-18(4)82)41(92)52(24(10-77)113-61)117-64-49(100)44(95)34(85)20(6-73)108-64/h15,20-68,73-79,84-103H,6-14H2,1-5H3,(H,69,80)(H,70,81)(H,71,82)(H,72,83)/t15-,20+,21+,22+,23+,24+,25+,26+,27+,28+,29+,30+,31+,32-,33+,34-,35-,36+,37+,38+,39+,40+,41+,42+,43+,44-,45-,46-,47-,48-,49+,50+,51-,52+,53+,54+,55+,56-,57-,58-,59?,60-,61-,62-,63+,64-,65-,66-,67-,68+/m0/s1. The van der Waals surface area contributed by atoms with Crippen molar-refractivity contribution in [1.82, 2.24) is 21.3 Å². The number of hydrogen-bond donors (Lipinski definition) is 31. The van der Waals surface area contributed by atoms with Gasteiger partial charge in [0, 0.05) is 27.7 Å². The fraction of sp³-hybridized carbons (Fsp3) is 0.941. The highest BCUT2D eigenvalue weighted by molar-refractivity contribution is 5.74. The lowest BCUT2D eigenvalue weighted by Gasteiger charge is -2.51. The first-order valence-electron chi connectivity index (χ1n) is 39.0. The summed E-state index contributed by atoms with van der Waals surface area (Å²) >= 11 is 0. The van der Waals surface area contributed by atoms with Gasteiger partial charge in [0.2, 0.25) is 23.6 Å². The average molecular weight is 1790 g/mol. The van der Waals surface area contributed by atoms with E-state index < -0.39 is 390 Å². The topological polar surface area (TPSA) is 838 Å². The molecule has 50 atom stereocenters. The summed E-state index contributed by atoms with van der Waals surface area (Å²) in [6.07, 6.45) is -95.2. The number of amides is 4. The van der Waals surface area contributed by atoms with Crippen LogP contribution in [0.1, 0.15) is 34.6 Å². The lowest BCUT2D eigenvalue weighted by Crippen LogP contribution is -2.71. The SMILES string of the molecule is CC(=O)N[C@@H]1[C@H](O[C@@H]2[C@@H](O[C@@H]3[C@H](O)[C@H](O[C@H]4[C@H](O)[C@@H](NC(C)=O)[C@H](O[C@H]5[C@H](O)[C@@H](NC(C)=O)C(O)O[C@@H]5CO[C@@H]5O[C@@H](C)[C@@H](O)[C@@H](O)[C@@H]5O)O[C@@H]4CO)O[C@H](CO[C@H]4O[C@H](CO)[C@@H](O)[C@H](O)[C@@H]4O[C@@H]4O[C@H](CO)[C@@H](O[C@@H]5O[C@H](CO)[C@H](O)[C@H](O)[C@H]5O)[C@H](O)[C@H]4NC(C)=O)[C@H]3O)O[C@H](CO)[C@@H](O)[C@@H]2O)O[C@H](CO)[C@@H](O[C@@H]2O[C@H](CO)[C@H](O)[C@H](O)[C@H]2O)[C@@H]1O. The Balaban J connectivity index is 0.983. The number of aliphatic hydroxyl groups is 27. The third-order valence-electron chi connectivity index (χ3n) is 22.4. The summed E-state index contributed by atoms with van der Waals surface area (Å²) in [5.74, 6) is -3.76. The molecule has 10 heterocycles. The zero-order valence-corrected chi connectivity index (χ0v) is 65.7. The minimum absolute atomic E-state index is 0.846. The van der Waals surface area contributed by atoms with Gasteiger partial charge in [0.05, 0.1) is 65.6 Å². The van der Waals surface area contributed by atoms with Crippen molar-refractivity contribution in [3.8, 4) is 0 Å². The van der Waals surface area contributed by atoms with Crippen LogP contribution in [-0.2, 0) is 109 Å². The lowest BCUT2D eigenvalue weighted by molar-refractivity contribution is -0.399. The fourth-order valence-electron chi connectivity index (χ4n) is 15.8. The van der Waals surface area contributed by atoms with Crippen LogP contribution in [0.2, 0.25) is 0 Å². The second kappa shape index (κ2) is 43.6. The Bertz CT molecular complexity index is 3290. The van der Waals surface area contributed by atoms with E-state index in [0.717, 1.165) is 27.7 Å². The highest BCUT2D eigenvalue weighted by Gasteiger charge is 2.62. The van der Waals surface area contributed by atoms with Crippen LogP contribution in [0.15, 0.2) is 0 Å². The Morgan fingerprint density at radius 2 is 0.500 bits per heavy atom. The van der Waals surface area contributed by atoms with Crippen LogP contribution in [0.4, 0.5) is 0 Å². The van der Waals surface area contributed by atoms with Gasteiger partial charge < -0.3 is 249 Å². The van der Waals surface area contributed by atoms with Crippen LogP contribution >= 0.6 is 0 Å². The van der Waals surface area contributed by atoms with Gasteiger partial charge in [-0.25, -0.2) is 0 Å². The van der Waals surface area contributed by atoms with Gasteiger partial charge >= 0.3 is 0 Å². The second-order valence-electron chi connectivity index (χ2n) is 31.0. The first-order valence-corrected chi connectivity index (χ1v) is 39.0. The molecule has 54 nitrogen and oxygen atoms in total. The van der Waals surface area contributed by atoms with Crippen LogP contribution in [0.3, 0.4) is 0 Å². The Labute approximate surface area is 691 Å². The molecule has 0 bridgehead atoms. The van der Waals surface area contributed by atoms with Crippen LogP contribution < -0.4 is 21.3 Å². The Morgan fingerprint density at radius 1 is 0.230 bits per heavy atom. The van der Waals surface area contributed by atoms with Crippen molar-refractivity contribution in [3.05, 3.63) is 0 Å². The molecule has 706 valence electrons. The van der Waals surface area contributed by atoms with Crippen molar-refractivity contribution >= 4 is 23.6 Å². The lowest BCUT2D eigenvalue weighted by atomic mass is 9.93. The maximum Gasteiger partial charge on any atom is 0.217 e. The van der Waals surface area contributed by atoms with Crippen molar-refractivity contribution in [3.63, 3.8) is 0 Å². The van der Waals surface area contributed by atoms with Gasteiger partial charge in [-0.1, -0.05) is 0 Å². The van der Waals surface area contributed by atoms with E-state index >= 15 is 0 Å². The van der Waals surface area contributed by atoms with E-state index in [-0.39, 0.29) is 0 Å². The number of rotatable bonds is 31. The van der Waals surface area contributed by atoms with Crippen LogP contribution in [0.25, 0.3) is 0 Å². The molecular weight excluding hydrogens is 1670 g/mol. The van der Waals surface area contributed by atoms with Gasteiger partial charge in [-0.2, -0.15) is 0 Å². The molecule has 0 aromatic heterocycles. The van der Waals surface area contributed by atoms with Gasteiger partial charge in [0.15, 0.2) is 62.9 Å². The minimum atomic E-state index is -2.63. The molecule has 0 aromatic carbocycles. The molecule has 0 spiro atoms. The maximum atomic E-state index is 13.3. The Morgan fingerprint density at radius 3 is 0.893 bits per heavy atom. The predicted molar refractivity (Wildman–Crippen MR) is 375 cm³/mol. The van der Waals surface area contributed by atoms with Crippen molar-refractivity contribution in [2.45, 2.75) is 341 Å². The summed E-state index contributed by atoms with van der Waals surface area (Å²) in [4.78, 5) is 51.6. The quantitative estimate of drug-likeness (QED) is 0.0306. The molecule has 54 heteroatoms. The number of carbonyl (C=O) groups is 4. The van der Waals surface area contributed by atoms with Gasteiger partial charge in [0.1, 0.15) is 238 Å². The largest absolute Gasteiger partial charge is 0.394 e. The molecule has 10 rings (SSSR count).